The van der Waals surface area contributed by atoms with E-state index in [9.17, 15) is 14.9 Å². The smallest absolute Gasteiger partial charge is 0.337 e. The molecule has 0 saturated carbocycles. The number of aromatic carboxylic acids is 1. The number of hydrogen-bond acceptors (Lipinski definition) is 4. The van der Waals surface area contributed by atoms with Crippen LogP contribution in [0.4, 0.5) is 5.69 Å². The van der Waals surface area contributed by atoms with Crippen LogP contribution in [0.1, 0.15) is 21.5 Å². The van der Waals surface area contributed by atoms with Gasteiger partial charge in [0.05, 0.1) is 16.4 Å². The SMILES string of the molecule is N#Cc1c(C(=O)O)ccc(CCl)c1[N+](=O)[O-]. The van der Waals surface area contributed by atoms with E-state index in [2.05, 4.69) is 0 Å². The van der Waals surface area contributed by atoms with Crippen LogP contribution in [0.25, 0.3) is 0 Å². The molecule has 0 radical (unpaired) electrons. The van der Waals surface area contributed by atoms with E-state index in [0.29, 0.717) is 0 Å². The van der Waals surface area contributed by atoms with Gasteiger partial charge in [-0.25, -0.2) is 4.79 Å². The normalized spacial score (nSPS) is 9.50. The Morgan fingerprint density at radius 2 is 2.25 bits per heavy atom. The number of nitro benzene ring substituents is 1. The van der Waals surface area contributed by atoms with Crippen LogP contribution >= 0.6 is 11.6 Å². The van der Waals surface area contributed by atoms with Gasteiger partial charge in [0, 0.05) is 5.56 Å². The fraction of sp³-hybridized carbons (Fsp3) is 0.111. The third kappa shape index (κ3) is 1.94. The predicted octanol–water partition coefficient (Wildman–Crippen LogP) is 1.90. The molecular weight excluding hydrogens is 236 g/mol. The number of carbonyl (C=O) groups is 1. The highest BCUT2D eigenvalue weighted by molar-refractivity contribution is 6.17. The molecule has 0 amide bonds. The van der Waals surface area contributed by atoms with Crippen molar-refractivity contribution < 1.29 is 14.8 Å². The van der Waals surface area contributed by atoms with Crippen LogP contribution in [0.15, 0.2) is 12.1 Å². The predicted molar refractivity (Wildman–Crippen MR) is 54.3 cm³/mol. The first-order valence-electron chi connectivity index (χ1n) is 4.02. The molecule has 0 aliphatic rings. The Balaban J connectivity index is 3.64. The second-order valence-corrected chi connectivity index (χ2v) is 3.07. The van der Waals surface area contributed by atoms with Crippen molar-refractivity contribution in [2.24, 2.45) is 0 Å². The summed E-state index contributed by atoms with van der Waals surface area (Å²) in [5, 5.41) is 28.3. The van der Waals surface area contributed by atoms with Crippen molar-refractivity contribution in [3.8, 4) is 6.07 Å². The summed E-state index contributed by atoms with van der Waals surface area (Å²) in [6, 6.07) is 3.88. The lowest BCUT2D eigenvalue weighted by Crippen LogP contribution is -2.05. The largest absolute Gasteiger partial charge is 0.478 e. The zero-order valence-corrected chi connectivity index (χ0v) is 8.56. The number of rotatable bonds is 3. The number of nitriles is 1. The molecule has 0 spiro atoms. The second-order valence-electron chi connectivity index (χ2n) is 2.80. The number of carboxylic acids is 1. The van der Waals surface area contributed by atoms with Gasteiger partial charge >= 0.3 is 5.97 Å². The van der Waals surface area contributed by atoms with Crippen molar-refractivity contribution in [1.29, 1.82) is 5.26 Å². The average molecular weight is 241 g/mol. The Bertz CT molecular complexity index is 507. The Morgan fingerprint density at radius 3 is 2.62 bits per heavy atom. The summed E-state index contributed by atoms with van der Waals surface area (Å²) >= 11 is 5.48. The van der Waals surface area contributed by atoms with Gasteiger partial charge in [-0.05, 0) is 12.1 Å². The lowest BCUT2D eigenvalue weighted by Gasteiger charge is -2.03. The topological polar surface area (TPSA) is 104 Å². The first kappa shape index (κ1) is 11.9. The van der Waals surface area contributed by atoms with Gasteiger partial charge in [0.1, 0.15) is 11.6 Å². The Hall–Kier alpha value is -2.13. The number of alkyl halides is 1. The fourth-order valence-electron chi connectivity index (χ4n) is 1.24. The molecule has 0 unspecified atom stereocenters. The number of nitrogens with zero attached hydrogens (tertiary/aromatic N) is 2. The molecule has 1 aromatic rings. The summed E-state index contributed by atoms with van der Waals surface area (Å²) in [4.78, 5) is 20.7. The zero-order chi connectivity index (χ0) is 12.3. The van der Waals surface area contributed by atoms with Crippen molar-refractivity contribution in [3.63, 3.8) is 0 Å². The molecule has 1 rings (SSSR count). The summed E-state index contributed by atoms with van der Waals surface area (Å²) in [5.74, 6) is -1.55. The average Bonchev–Trinajstić information content (AvgIpc) is 2.26. The van der Waals surface area contributed by atoms with Crippen molar-refractivity contribution in [3.05, 3.63) is 38.9 Å². The highest BCUT2D eigenvalue weighted by Gasteiger charge is 2.25. The molecule has 1 N–H and O–H groups in total. The molecule has 0 atom stereocenters. The molecule has 6 nitrogen and oxygen atoms in total. The highest BCUT2D eigenvalue weighted by atomic mass is 35.5. The van der Waals surface area contributed by atoms with Gasteiger partial charge in [0.2, 0.25) is 0 Å². The van der Waals surface area contributed by atoms with Gasteiger partial charge in [-0.1, -0.05) is 0 Å². The van der Waals surface area contributed by atoms with E-state index in [1.165, 1.54) is 12.1 Å². The molecule has 0 bridgehead atoms. The standard InChI is InChI=1S/C9H5ClN2O4/c10-3-5-1-2-6(9(13)14)7(4-11)8(5)12(15)16/h1-2H,3H2,(H,13,14). The van der Waals surface area contributed by atoms with Crippen molar-refractivity contribution in [2.75, 3.05) is 0 Å². The van der Waals surface area contributed by atoms with Crippen LogP contribution in [0.5, 0.6) is 0 Å². The van der Waals surface area contributed by atoms with Crippen LogP contribution in [-0.2, 0) is 5.88 Å². The quantitative estimate of drug-likeness (QED) is 0.494. The summed E-state index contributed by atoms with van der Waals surface area (Å²) in [6.07, 6.45) is 0. The van der Waals surface area contributed by atoms with Crippen LogP contribution in [0.3, 0.4) is 0 Å². The maximum Gasteiger partial charge on any atom is 0.337 e. The molecule has 0 aliphatic carbocycles. The first-order valence-corrected chi connectivity index (χ1v) is 4.56. The first-order chi connectivity index (χ1) is 7.52. The second kappa shape index (κ2) is 4.59. The van der Waals surface area contributed by atoms with Crippen LogP contribution in [0.2, 0.25) is 0 Å². The maximum absolute atomic E-state index is 10.7. The van der Waals surface area contributed by atoms with Gasteiger partial charge in [-0.3, -0.25) is 10.1 Å². The van der Waals surface area contributed by atoms with Crippen molar-refractivity contribution in [1.82, 2.24) is 0 Å². The highest BCUT2D eigenvalue weighted by Crippen LogP contribution is 2.27. The number of hydrogen-bond donors (Lipinski definition) is 1. The van der Waals surface area contributed by atoms with Gasteiger partial charge in [0.25, 0.3) is 5.69 Å². The molecule has 0 aromatic heterocycles. The zero-order valence-electron chi connectivity index (χ0n) is 7.81. The molecular formula is C9H5ClN2O4. The van der Waals surface area contributed by atoms with Crippen molar-refractivity contribution in [2.45, 2.75) is 5.88 Å². The Kier molecular flexibility index (Phi) is 3.43. The molecule has 7 heteroatoms. The number of nitro groups is 1. The monoisotopic (exact) mass is 240 g/mol. The number of benzene rings is 1. The third-order valence-electron chi connectivity index (χ3n) is 1.93. The van der Waals surface area contributed by atoms with Crippen LogP contribution in [0, 0.1) is 21.4 Å². The lowest BCUT2D eigenvalue weighted by molar-refractivity contribution is -0.385. The number of halogens is 1. The summed E-state index contributed by atoms with van der Waals surface area (Å²) in [5.41, 5.74) is -1.30. The third-order valence-corrected chi connectivity index (χ3v) is 2.22. The summed E-state index contributed by atoms with van der Waals surface area (Å²) in [7, 11) is 0. The molecule has 0 fully saturated rings. The van der Waals surface area contributed by atoms with Gasteiger partial charge in [-0.2, -0.15) is 5.26 Å². The summed E-state index contributed by atoms with van der Waals surface area (Å²) in [6.45, 7) is 0. The van der Waals surface area contributed by atoms with E-state index in [1.54, 1.807) is 0 Å². The minimum Gasteiger partial charge on any atom is -0.478 e. The fourth-order valence-corrected chi connectivity index (χ4v) is 1.46. The minimum atomic E-state index is -1.39. The van der Waals surface area contributed by atoms with Crippen LogP contribution < -0.4 is 0 Å². The Morgan fingerprint density at radius 1 is 1.62 bits per heavy atom. The van der Waals surface area contributed by atoms with Gasteiger partial charge in [-0.15, -0.1) is 11.6 Å². The molecule has 0 aliphatic heterocycles. The molecule has 82 valence electrons. The van der Waals surface area contributed by atoms with E-state index in [4.69, 9.17) is 22.0 Å². The van der Waals surface area contributed by atoms with Gasteiger partial charge in [0.15, 0.2) is 0 Å². The lowest BCUT2D eigenvalue weighted by atomic mass is 10.0. The van der Waals surface area contributed by atoms with Gasteiger partial charge < -0.3 is 5.11 Å². The molecule has 0 saturated heterocycles. The van der Waals surface area contributed by atoms with E-state index in [1.807, 2.05) is 0 Å². The molecule has 16 heavy (non-hydrogen) atoms. The van der Waals surface area contributed by atoms with E-state index in [-0.39, 0.29) is 11.4 Å². The van der Waals surface area contributed by atoms with E-state index < -0.39 is 27.7 Å². The van der Waals surface area contributed by atoms with E-state index >= 15 is 0 Å². The minimum absolute atomic E-state index is 0.119. The molecule has 0 heterocycles. The summed E-state index contributed by atoms with van der Waals surface area (Å²) < 4.78 is 0. The van der Waals surface area contributed by atoms with E-state index in [0.717, 1.165) is 6.07 Å². The maximum atomic E-state index is 10.7. The Labute approximate surface area is 94.8 Å². The number of carboxylic acid groups (broad SMARTS) is 1. The van der Waals surface area contributed by atoms with Crippen molar-refractivity contribution >= 4 is 23.3 Å². The molecule has 1 aromatic carbocycles. The van der Waals surface area contributed by atoms with Crippen LogP contribution in [-0.4, -0.2) is 16.0 Å².